The molecule has 0 amide bonds. The molecule has 1 aliphatic carbocycles. The third-order valence-corrected chi connectivity index (χ3v) is 3.32. The Hall–Kier alpha value is -1.32. The Morgan fingerprint density at radius 1 is 1.41 bits per heavy atom. The molecule has 0 bridgehead atoms. The SMILES string of the molecule is C1=Cc2cccc(OC[C@@H]3C[NH2+]CCO3)c2C1. The van der Waals surface area contributed by atoms with Gasteiger partial charge in [-0.2, -0.15) is 0 Å². The highest BCUT2D eigenvalue weighted by molar-refractivity contribution is 5.63. The third kappa shape index (κ3) is 2.35. The van der Waals surface area contributed by atoms with Gasteiger partial charge >= 0.3 is 0 Å². The molecular weight excluding hydrogens is 214 g/mol. The lowest BCUT2D eigenvalue weighted by atomic mass is 10.1. The summed E-state index contributed by atoms with van der Waals surface area (Å²) in [5.74, 6) is 1.02. The van der Waals surface area contributed by atoms with Crippen molar-refractivity contribution < 1.29 is 14.8 Å². The van der Waals surface area contributed by atoms with Crippen LogP contribution in [0.15, 0.2) is 24.3 Å². The predicted molar refractivity (Wildman–Crippen MR) is 66.1 cm³/mol. The fourth-order valence-electron chi connectivity index (χ4n) is 2.38. The van der Waals surface area contributed by atoms with E-state index < -0.39 is 0 Å². The van der Waals surface area contributed by atoms with Gasteiger partial charge in [-0.25, -0.2) is 0 Å². The molecule has 3 nitrogen and oxygen atoms in total. The summed E-state index contributed by atoms with van der Waals surface area (Å²) in [6.07, 6.45) is 5.56. The molecule has 1 heterocycles. The number of ether oxygens (including phenoxy) is 2. The molecule has 0 unspecified atom stereocenters. The minimum Gasteiger partial charge on any atom is -0.490 e. The van der Waals surface area contributed by atoms with Crippen LogP contribution in [0.5, 0.6) is 5.75 Å². The Kier molecular flexibility index (Phi) is 3.12. The summed E-state index contributed by atoms with van der Waals surface area (Å²) in [5, 5.41) is 2.29. The standard InChI is InChI=1S/C14H17NO2/c1-3-11-4-2-6-14(13(11)5-1)17-10-12-9-15-7-8-16-12/h1-4,6,12,15H,5,7-10H2/p+1/t12-/m0/s1. The molecule has 1 aromatic rings. The van der Waals surface area contributed by atoms with Crippen LogP contribution in [0.4, 0.5) is 0 Å². The van der Waals surface area contributed by atoms with Crippen LogP contribution in [-0.2, 0) is 11.2 Å². The zero-order valence-corrected chi connectivity index (χ0v) is 9.89. The first-order chi connectivity index (χ1) is 8.43. The van der Waals surface area contributed by atoms with Crippen LogP contribution in [0.3, 0.4) is 0 Å². The first-order valence-electron chi connectivity index (χ1n) is 6.28. The van der Waals surface area contributed by atoms with E-state index in [9.17, 15) is 0 Å². The van der Waals surface area contributed by atoms with E-state index in [-0.39, 0.29) is 6.10 Å². The highest BCUT2D eigenvalue weighted by Gasteiger charge is 2.18. The van der Waals surface area contributed by atoms with Crippen LogP contribution in [0.1, 0.15) is 11.1 Å². The number of benzene rings is 1. The van der Waals surface area contributed by atoms with E-state index in [1.54, 1.807) is 0 Å². The van der Waals surface area contributed by atoms with Gasteiger partial charge in [-0.3, -0.25) is 0 Å². The summed E-state index contributed by atoms with van der Waals surface area (Å²) >= 11 is 0. The van der Waals surface area contributed by atoms with Crippen LogP contribution >= 0.6 is 0 Å². The van der Waals surface area contributed by atoms with Crippen molar-refractivity contribution in [3.8, 4) is 5.75 Å². The fourth-order valence-corrected chi connectivity index (χ4v) is 2.38. The number of rotatable bonds is 3. The van der Waals surface area contributed by atoms with Gasteiger partial charge in [0.2, 0.25) is 0 Å². The van der Waals surface area contributed by atoms with Crippen LogP contribution in [-0.4, -0.2) is 32.4 Å². The summed E-state index contributed by atoms with van der Waals surface area (Å²) < 4.78 is 11.6. The number of hydrogen-bond donors (Lipinski definition) is 1. The van der Waals surface area contributed by atoms with E-state index in [2.05, 4.69) is 35.7 Å². The normalized spacial score (nSPS) is 22.5. The van der Waals surface area contributed by atoms with Crippen molar-refractivity contribution >= 4 is 6.08 Å². The lowest BCUT2D eigenvalue weighted by Gasteiger charge is -2.21. The van der Waals surface area contributed by atoms with E-state index in [1.165, 1.54) is 11.1 Å². The Balaban J connectivity index is 1.64. The van der Waals surface area contributed by atoms with Crippen LogP contribution < -0.4 is 10.1 Å². The average molecular weight is 232 g/mol. The van der Waals surface area contributed by atoms with Crippen molar-refractivity contribution in [3.63, 3.8) is 0 Å². The second kappa shape index (κ2) is 4.90. The molecule has 1 fully saturated rings. The van der Waals surface area contributed by atoms with Gasteiger partial charge in [0, 0.05) is 5.56 Å². The van der Waals surface area contributed by atoms with E-state index >= 15 is 0 Å². The van der Waals surface area contributed by atoms with E-state index in [4.69, 9.17) is 9.47 Å². The molecule has 1 aliphatic heterocycles. The van der Waals surface area contributed by atoms with E-state index in [0.717, 1.165) is 31.9 Å². The number of morpholine rings is 1. The second-order valence-corrected chi connectivity index (χ2v) is 4.55. The fraction of sp³-hybridized carbons (Fsp3) is 0.429. The van der Waals surface area contributed by atoms with Gasteiger partial charge in [-0.05, 0) is 18.1 Å². The molecule has 1 aromatic carbocycles. The third-order valence-electron chi connectivity index (χ3n) is 3.32. The Bertz CT molecular complexity index is 422. The lowest BCUT2D eigenvalue weighted by Crippen LogP contribution is -2.89. The Morgan fingerprint density at radius 2 is 2.41 bits per heavy atom. The van der Waals surface area contributed by atoms with Crippen molar-refractivity contribution in [1.29, 1.82) is 0 Å². The molecule has 0 aromatic heterocycles. The number of allylic oxidation sites excluding steroid dienone is 1. The Morgan fingerprint density at radius 3 is 3.29 bits per heavy atom. The molecule has 2 N–H and O–H groups in total. The van der Waals surface area contributed by atoms with Crippen LogP contribution in [0.2, 0.25) is 0 Å². The second-order valence-electron chi connectivity index (χ2n) is 4.55. The summed E-state index contributed by atoms with van der Waals surface area (Å²) in [6, 6.07) is 6.24. The lowest BCUT2D eigenvalue weighted by molar-refractivity contribution is -0.677. The topological polar surface area (TPSA) is 35.1 Å². The van der Waals surface area contributed by atoms with Gasteiger partial charge in [0.1, 0.15) is 25.0 Å². The van der Waals surface area contributed by atoms with Crippen molar-refractivity contribution in [3.05, 3.63) is 35.4 Å². The van der Waals surface area contributed by atoms with Gasteiger partial charge in [-0.1, -0.05) is 24.3 Å². The maximum absolute atomic E-state index is 5.90. The van der Waals surface area contributed by atoms with Crippen molar-refractivity contribution in [2.75, 3.05) is 26.3 Å². The van der Waals surface area contributed by atoms with Gasteiger partial charge in [0.15, 0.2) is 0 Å². The van der Waals surface area contributed by atoms with Gasteiger partial charge in [0.25, 0.3) is 0 Å². The molecular formula is C14H18NO2+. The highest BCUT2D eigenvalue weighted by atomic mass is 16.5. The number of hydrogen-bond acceptors (Lipinski definition) is 2. The van der Waals surface area contributed by atoms with E-state index in [0.29, 0.717) is 6.61 Å². The summed E-state index contributed by atoms with van der Waals surface area (Å²) in [5.41, 5.74) is 2.60. The van der Waals surface area contributed by atoms with Gasteiger partial charge in [0.05, 0.1) is 13.2 Å². The smallest absolute Gasteiger partial charge is 0.140 e. The Labute approximate surface area is 101 Å². The summed E-state index contributed by atoms with van der Waals surface area (Å²) in [6.45, 7) is 3.57. The number of quaternary nitrogens is 1. The predicted octanol–water partition coefficient (Wildman–Crippen LogP) is 0.597. The summed E-state index contributed by atoms with van der Waals surface area (Å²) in [7, 11) is 0. The minimum atomic E-state index is 0.231. The molecule has 0 spiro atoms. The minimum absolute atomic E-state index is 0.231. The molecule has 0 saturated carbocycles. The maximum Gasteiger partial charge on any atom is 0.140 e. The zero-order chi connectivity index (χ0) is 11.5. The highest BCUT2D eigenvalue weighted by Crippen LogP contribution is 2.28. The maximum atomic E-state index is 5.90. The van der Waals surface area contributed by atoms with E-state index in [1.807, 2.05) is 0 Å². The monoisotopic (exact) mass is 232 g/mol. The number of fused-ring (bicyclic) bond motifs is 1. The molecule has 1 atom stereocenters. The molecule has 1 saturated heterocycles. The van der Waals surface area contributed by atoms with Crippen molar-refractivity contribution in [2.45, 2.75) is 12.5 Å². The molecule has 3 heteroatoms. The van der Waals surface area contributed by atoms with Crippen molar-refractivity contribution in [1.82, 2.24) is 0 Å². The quantitative estimate of drug-likeness (QED) is 0.828. The van der Waals surface area contributed by atoms with Crippen molar-refractivity contribution in [2.24, 2.45) is 0 Å². The first kappa shape index (κ1) is 10.8. The summed E-state index contributed by atoms with van der Waals surface area (Å²) in [4.78, 5) is 0. The number of nitrogens with two attached hydrogens (primary N) is 1. The van der Waals surface area contributed by atoms with Gasteiger partial charge in [-0.15, -0.1) is 0 Å². The largest absolute Gasteiger partial charge is 0.490 e. The molecule has 17 heavy (non-hydrogen) atoms. The zero-order valence-electron chi connectivity index (χ0n) is 9.89. The van der Waals surface area contributed by atoms with Crippen LogP contribution in [0.25, 0.3) is 6.08 Å². The first-order valence-corrected chi connectivity index (χ1v) is 6.28. The van der Waals surface area contributed by atoms with Gasteiger partial charge < -0.3 is 14.8 Å². The molecule has 2 aliphatic rings. The van der Waals surface area contributed by atoms with Crippen LogP contribution in [0, 0.1) is 0 Å². The molecule has 3 rings (SSSR count). The average Bonchev–Trinajstić information content (AvgIpc) is 2.86. The molecule has 0 radical (unpaired) electrons. The molecule has 90 valence electrons.